The molecule has 49 heavy (non-hydrogen) atoms. The molecule has 2 unspecified atom stereocenters. The molecule has 0 radical (unpaired) electrons. The third kappa shape index (κ3) is 10.5. The number of piperidine rings is 1. The lowest BCUT2D eigenvalue weighted by molar-refractivity contribution is -0.150. The Morgan fingerprint density at radius 1 is 1.00 bits per heavy atom. The van der Waals surface area contributed by atoms with E-state index < -0.39 is 67.8 Å². The molecule has 2 aliphatic carbocycles. The molecule has 2 saturated carbocycles. The maximum absolute atomic E-state index is 14.4. The molecule has 0 bridgehead atoms. The van der Waals surface area contributed by atoms with Crippen molar-refractivity contribution in [2.75, 3.05) is 18.8 Å². The fraction of sp³-hybridized carbons (Fsp3) is 0.806. The monoisotopic (exact) mass is 707 g/mol. The van der Waals surface area contributed by atoms with Crippen molar-refractivity contribution >= 4 is 39.4 Å². The summed E-state index contributed by atoms with van der Waals surface area (Å²) in [6, 6.07) is -3.58. The molecule has 1 heterocycles. The Morgan fingerprint density at radius 3 is 2.14 bits per heavy atom. The van der Waals surface area contributed by atoms with E-state index in [4.69, 9.17) is 0 Å². The summed E-state index contributed by atoms with van der Waals surface area (Å²) in [5.74, 6) is -2.75. The molecule has 4 atom stereocenters. The fourth-order valence-corrected chi connectivity index (χ4v) is 8.30. The van der Waals surface area contributed by atoms with Crippen molar-refractivity contribution in [3.8, 4) is 0 Å². The standard InChI is InChI=1S/C36H61N5O7S/c1-10-18-37-31(44)29(42)26(19-25-14-15-25)38-30(43)27-20-35(8,9)24(4)21-41(27)32(45)28(23(2)3)39-33(46)40-36(16-12-11-13-17-36)22-49(47,48)34(5,6)7/h10,23-28H,1,11-22H2,2-9H3,(H,37,44)(H,38,43)(H2,39,40,46)/t24?,26?,27-,28-/m0/s1. The molecule has 1 aliphatic heterocycles. The normalized spacial score (nSPS) is 23.5. The van der Waals surface area contributed by atoms with Crippen LogP contribution in [0.15, 0.2) is 12.7 Å². The van der Waals surface area contributed by atoms with Gasteiger partial charge in [-0.2, -0.15) is 0 Å². The maximum atomic E-state index is 14.4. The summed E-state index contributed by atoms with van der Waals surface area (Å²) in [7, 11) is -3.56. The van der Waals surface area contributed by atoms with E-state index >= 15 is 0 Å². The first-order valence-electron chi connectivity index (χ1n) is 18.0. The molecule has 4 N–H and O–H groups in total. The van der Waals surface area contributed by atoms with Crippen LogP contribution >= 0.6 is 0 Å². The quantitative estimate of drug-likeness (QED) is 0.158. The molecule has 3 rings (SSSR count). The zero-order chi connectivity index (χ0) is 36.9. The van der Waals surface area contributed by atoms with Crippen molar-refractivity contribution in [2.45, 2.75) is 142 Å². The van der Waals surface area contributed by atoms with Crippen LogP contribution in [-0.2, 0) is 29.0 Å². The highest BCUT2D eigenvalue weighted by atomic mass is 32.2. The Kier molecular flexibility index (Phi) is 13.2. The van der Waals surface area contributed by atoms with Gasteiger partial charge in [-0.3, -0.25) is 19.2 Å². The van der Waals surface area contributed by atoms with Crippen molar-refractivity contribution in [1.29, 1.82) is 0 Å². The summed E-state index contributed by atoms with van der Waals surface area (Å²) >= 11 is 0. The van der Waals surface area contributed by atoms with E-state index in [9.17, 15) is 32.4 Å². The second-order valence-corrected chi connectivity index (χ2v) is 19.5. The van der Waals surface area contributed by atoms with Crippen LogP contribution in [0.1, 0.15) is 113 Å². The summed E-state index contributed by atoms with van der Waals surface area (Å²) in [5, 5.41) is 11.2. The first-order chi connectivity index (χ1) is 22.6. The van der Waals surface area contributed by atoms with Crippen molar-refractivity contribution in [2.24, 2.45) is 23.2 Å². The number of rotatable bonds is 14. The third-order valence-corrected chi connectivity index (χ3v) is 13.6. The van der Waals surface area contributed by atoms with E-state index in [-0.39, 0.29) is 42.0 Å². The molecule has 0 aromatic heterocycles. The van der Waals surface area contributed by atoms with Crippen LogP contribution in [0.2, 0.25) is 0 Å². The molecule has 13 heteroatoms. The smallest absolute Gasteiger partial charge is 0.315 e. The van der Waals surface area contributed by atoms with Gasteiger partial charge >= 0.3 is 6.03 Å². The molecule has 0 aromatic rings. The summed E-state index contributed by atoms with van der Waals surface area (Å²) in [6.07, 6.45) is 7.52. The lowest BCUT2D eigenvalue weighted by Gasteiger charge is -2.48. The lowest BCUT2D eigenvalue weighted by atomic mass is 9.71. The molecule has 3 aliphatic rings. The molecule has 3 fully saturated rings. The maximum Gasteiger partial charge on any atom is 0.315 e. The molecule has 0 aromatic carbocycles. The van der Waals surface area contributed by atoms with Gasteiger partial charge in [-0.25, -0.2) is 13.2 Å². The van der Waals surface area contributed by atoms with E-state index in [1.54, 1.807) is 20.8 Å². The average Bonchev–Trinajstić information content (AvgIpc) is 3.82. The van der Waals surface area contributed by atoms with E-state index in [2.05, 4.69) is 27.8 Å². The summed E-state index contributed by atoms with van der Waals surface area (Å²) in [5.41, 5.74) is -1.27. The second kappa shape index (κ2) is 15.9. The van der Waals surface area contributed by atoms with Gasteiger partial charge in [-0.1, -0.05) is 72.8 Å². The Bertz CT molecular complexity index is 1360. The number of carbonyl (C=O) groups excluding carboxylic acids is 5. The number of carbonyl (C=O) groups is 5. The van der Waals surface area contributed by atoms with Crippen LogP contribution in [0.3, 0.4) is 0 Å². The Hall–Kier alpha value is -2.96. The summed E-state index contributed by atoms with van der Waals surface area (Å²) < 4.78 is 25.6. The van der Waals surface area contributed by atoms with Gasteiger partial charge in [0.2, 0.25) is 17.6 Å². The highest BCUT2D eigenvalue weighted by molar-refractivity contribution is 7.92. The lowest BCUT2D eigenvalue weighted by Crippen LogP contribution is -2.65. The summed E-state index contributed by atoms with van der Waals surface area (Å²) in [6.45, 7) is 18.6. The van der Waals surface area contributed by atoms with Gasteiger partial charge in [0.15, 0.2) is 9.84 Å². The Labute approximate surface area is 293 Å². The molecular formula is C36H61N5O7S. The van der Waals surface area contributed by atoms with Crippen LogP contribution in [0, 0.1) is 23.2 Å². The molecule has 12 nitrogen and oxygen atoms in total. The number of hydrogen-bond acceptors (Lipinski definition) is 7. The van der Waals surface area contributed by atoms with Gasteiger partial charge in [0.05, 0.1) is 22.1 Å². The molecule has 0 spiro atoms. The van der Waals surface area contributed by atoms with Gasteiger partial charge in [-0.05, 0) is 69.6 Å². The minimum absolute atomic E-state index is 0.0174. The van der Waals surface area contributed by atoms with Gasteiger partial charge < -0.3 is 26.2 Å². The van der Waals surface area contributed by atoms with Crippen molar-refractivity contribution in [1.82, 2.24) is 26.2 Å². The number of urea groups is 1. The number of nitrogens with one attached hydrogen (secondary N) is 4. The SMILES string of the molecule is C=CCNC(=O)C(=O)C(CC1CC1)NC(=O)[C@@H]1CC(C)(C)C(C)CN1C(=O)[C@@H](NC(=O)NC1(CS(=O)(=O)C(C)(C)C)CCCCC1)C(C)C. The van der Waals surface area contributed by atoms with Crippen molar-refractivity contribution < 1.29 is 32.4 Å². The molecular weight excluding hydrogens is 646 g/mol. The van der Waals surface area contributed by atoms with Gasteiger partial charge in [0, 0.05) is 13.1 Å². The van der Waals surface area contributed by atoms with Gasteiger partial charge in [-0.15, -0.1) is 6.58 Å². The van der Waals surface area contributed by atoms with Crippen molar-refractivity contribution in [3.05, 3.63) is 12.7 Å². The second-order valence-electron chi connectivity index (χ2n) is 16.7. The number of nitrogens with zero attached hydrogens (tertiary/aromatic N) is 1. The van der Waals surface area contributed by atoms with Gasteiger partial charge in [0.25, 0.3) is 5.91 Å². The predicted molar refractivity (Wildman–Crippen MR) is 190 cm³/mol. The minimum Gasteiger partial charge on any atom is -0.346 e. The van der Waals surface area contributed by atoms with Crippen LogP contribution in [0.25, 0.3) is 0 Å². The zero-order valence-electron chi connectivity index (χ0n) is 30.9. The first-order valence-corrected chi connectivity index (χ1v) is 19.6. The van der Waals surface area contributed by atoms with E-state index in [1.165, 1.54) is 11.0 Å². The number of sulfone groups is 1. The topological polar surface area (TPSA) is 171 Å². The van der Waals surface area contributed by atoms with E-state index in [0.29, 0.717) is 25.7 Å². The van der Waals surface area contributed by atoms with Crippen LogP contribution in [0.5, 0.6) is 0 Å². The summed E-state index contributed by atoms with van der Waals surface area (Å²) in [4.78, 5) is 69.3. The van der Waals surface area contributed by atoms with Crippen LogP contribution in [-0.4, -0.2) is 90.1 Å². The number of hydrogen-bond donors (Lipinski definition) is 4. The van der Waals surface area contributed by atoms with Gasteiger partial charge in [0.1, 0.15) is 12.1 Å². The highest BCUT2D eigenvalue weighted by Crippen LogP contribution is 2.40. The highest BCUT2D eigenvalue weighted by Gasteiger charge is 2.47. The van der Waals surface area contributed by atoms with E-state index in [0.717, 1.165) is 32.1 Å². The first kappa shape index (κ1) is 40.5. The fourth-order valence-electron chi connectivity index (χ4n) is 6.78. The van der Waals surface area contributed by atoms with Crippen LogP contribution in [0.4, 0.5) is 4.79 Å². The zero-order valence-corrected chi connectivity index (χ0v) is 31.8. The molecule has 1 saturated heterocycles. The minimum atomic E-state index is -3.56. The number of Topliss-reactive ketones (excluding diaryl/α,β-unsaturated/α-hetero) is 1. The predicted octanol–water partition coefficient (Wildman–Crippen LogP) is 3.65. The van der Waals surface area contributed by atoms with Crippen LogP contribution < -0.4 is 21.3 Å². The molecule has 278 valence electrons. The largest absolute Gasteiger partial charge is 0.346 e. The Morgan fingerprint density at radius 2 is 1.61 bits per heavy atom. The Balaban J connectivity index is 1.85. The van der Waals surface area contributed by atoms with E-state index in [1.807, 2.05) is 34.6 Å². The van der Waals surface area contributed by atoms with Crippen molar-refractivity contribution in [3.63, 3.8) is 0 Å². The average molecular weight is 708 g/mol. The number of likely N-dealkylation sites (tertiary alicyclic amines) is 1. The number of amides is 5. The third-order valence-electron chi connectivity index (χ3n) is 10.8. The number of ketones is 1. The molecule has 5 amide bonds.